The molecule has 0 atom stereocenters. The number of rotatable bonds is 4. The highest BCUT2D eigenvalue weighted by atomic mass is 19.3. The van der Waals surface area contributed by atoms with Crippen LogP contribution in [0.5, 0.6) is 5.75 Å². The standard InChI is InChI=1S/C10H13F2NO/c1-7-2-3-8(5-13)9(4-7)14-6-10(11)12/h2-4,10H,5-6,13H2,1H3. The molecule has 0 aromatic heterocycles. The Hall–Kier alpha value is -1.16. The Balaban J connectivity index is 2.77. The Morgan fingerprint density at radius 3 is 2.71 bits per heavy atom. The van der Waals surface area contributed by atoms with Gasteiger partial charge in [-0.15, -0.1) is 0 Å². The molecule has 14 heavy (non-hydrogen) atoms. The number of hydrogen-bond acceptors (Lipinski definition) is 2. The molecule has 0 saturated carbocycles. The largest absolute Gasteiger partial charge is 0.487 e. The average Bonchev–Trinajstić information content (AvgIpc) is 2.15. The first-order chi connectivity index (χ1) is 6.63. The summed E-state index contributed by atoms with van der Waals surface area (Å²) in [7, 11) is 0. The fourth-order valence-electron chi connectivity index (χ4n) is 1.12. The summed E-state index contributed by atoms with van der Waals surface area (Å²) in [5.74, 6) is 0.452. The van der Waals surface area contributed by atoms with Crippen LogP contribution in [0.4, 0.5) is 8.78 Å². The minimum absolute atomic E-state index is 0.291. The van der Waals surface area contributed by atoms with Gasteiger partial charge in [0.1, 0.15) is 12.4 Å². The molecule has 0 aliphatic heterocycles. The molecule has 0 saturated heterocycles. The maximum atomic E-state index is 11.9. The molecular formula is C10H13F2NO. The highest BCUT2D eigenvalue weighted by Crippen LogP contribution is 2.20. The van der Waals surface area contributed by atoms with E-state index < -0.39 is 13.0 Å². The second-order valence-corrected chi connectivity index (χ2v) is 3.02. The summed E-state index contributed by atoms with van der Waals surface area (Å²) in [5, 5.41) is 0. The van der Waals surface area contributed by atoms with E-state index in [1.54, 1.807) is 12.1 Å². The molecule has 2 nitrogen and oxygen atoms in total. The fraction of sp³-hybridized carbons (Fsp3) is 0.400. The van der Waals surface area contributed by atoms with Crippen molar-refractivity contribution in [1.29, 1.82) is 0 Å². The van der Waals surface area contributed by atoms with Crippen LogP contribution in [0.1, 0.15) is 11.1 Å². The van der Waals surface area contributed by atoms with Crippen molar-refractivity contribution < 1.29 is 13.5 Å². The Kier molecular flexibility index (Phi) is 3.83. The number of aryl methyl sites for hydroxylation is 1. The second-order valence-electron chi connectivity index (χ2n) is 3.02. The molecule has 4 heteroatoms. The topological polar surface area (TPSA) is 35.2 Å². The molecule has 0 aliphatic carbocycles. The molecule has 0 radical (unpaired) electrons. The number of hydrogen-bond donors (Lipinski definition) is 1. The summed E-state index contributed by atoms with van der Waals surface area (Å²) in [5.41, 5.74) is 7.15. The number of ether oxygens (including phenoxy) is 1. The van der Waals surface area contributed by atoms with Gasteiger partial charge in [-0.05, 0) is 18.6 Å². The number of benzene rings is 1. The van der Waals surface area contributed by atoms with Crippen molar-refractivity contribution >= 4 is 0 Å². The van der Waals surface area contributed by atoms with E-state index in [2.05, 4.69) is 0 Å². The van der Waals surface area contributed by atoms with Crippen molar-refractivity contribution in [2.45, 2.75) is 19.9 Å². The van der Waals surface area contributed by atoms with E-state index in [-0.39, 0.29) is 0 Å². The molecular weight excluding hydrogens is 188 g/mol. The van der Waals surface area contributed by atoms with Gasteiger partial charge in [0.05, 0.1) is 0 Å². The van der Waals surface area contributed by atoms with E-state index >= 15 is 0 Å². The molecule has 0 amide bonds. The second kappa shape index (κ2) is 4.91. The Bertz CT molecular complexity index is 302. The van der Waals surface area contributed by atoms with Crippen LogP contribution in [-0.4, -0.2) is 13.0 Å². The third-order valence-electron chi connectivity index (χ3n) is 1.81. The lowest BCUT2D eigenvalue weighted by molar-refractivity contribution is 0.0814. The van der Waals surface area contributed by atoms with Gasteiger partial charge in [-0.1, -0.05) is 12.1 Å². The van der Waals surface area contributed by atoms with Crippen LogP contribution in [0.25, 0.3) is 0 Å². The van der Waals surface area contributed by atoms with Crippen molar-refractivity contribution in [3.63, 3.8) is 0 Å². The van der Waals surface area contributed by atoms with Crippen LogP contribution in [-0.2, 0) is 6.54 Å². The van der Waals surface area contributed by atoms with Crippen LogP contribution in [0.2, 0.25) is 0 Å². The minimum atomic E-state index is -2.46. The molecule has 1 rings (SSSR count). The summed E-state index contributed by atoms with van der Waals surface area (Å²) in [6.07, 6.45) is -2.46. The summed E-state index contributed by atoms with van der Waals surface area (Å²) >= 11 is 0. The van der Waals surface area contributed by atoms with Crippen LogP contribution >= 0.6 is 0 Å². The summed E-state index contributed by atoms with van der Waals surface area (Å²) in [6, 6.07) is 5.37. The normalized spacial score (nSPS) is 10.6. The summed E-state index contributed by atoms with van der Waals surface area (Å²) in [4.78, 5) is 0. The van der Waals surface area contributed by atoms with Gasteiger partial charge in [-0.3, -0.25) is 0 Å². The van der Waals surface area contributed by atoms with Gasteiger partial charge >= 0.3 is 0 Å². The van der Waals surface area contributed by atoms with E-state index in [4.69, 9.17) is 10.5 Å². The minimum Gasteiger partial charge on any atom is -0.487 e. The van der Waals surface area contributed by atoms with Gasteiger partial charge in [0.2, 0.25) is 0 Å². The van der Waals surface area contributed by atoms with E-state index in [0.717, 1.165) is 11.1 Å². The zero-order chi connectivity index (χ0) is 10.6. The highest BCUT2D eigenvalue weighted by molar-refractivity contribution is 5.36. The van der Waals surface area contributed by atoms with E-state index in [9.17, 15) is 8.78 Å². The van der Waals surface area contributed by atoms with Crippen LogP contribution in [0, 0.1) is 6.92 Å². The quantitative estimate of drug-likeness (QED) is 0.809. The third kappa shape index (κ3) is 2.96. The molecule has 0 unspecified atom stereocenters. The molecule has 0 aliphatic rings. The predicted molar refractivity (Wildman–Crippen MR) is 50.6 cm³/mol. The molecule has 0 heterocycles. The summed E-state index contributed by atoms with van der Waals surface area (Å²) < 4.78 is 28.7. The van der Waals surface area contributed by atoms with E-state index in [1.807, 2.05) is 13.0 Å². The lowest BCUT2D eigenvalue weighted by atomic mass is 10.1. The maximum Gasteiger partial charge on any atom is 0.272 e. The molecule has 0 fully saturated rings. The smallest absolute Gasteiger partial charge is 0.272 e. The zero-order valence-electron chi connectivity index (χ0n) is 7.97. The lowest BCUT2D eigenvalue weighted by Gasteiger charge is -2.10. The van der Waals surface area contributed by atoms with Crippen LogP contribution < -0.4 is 10.5 Å². The Morgan fingerprint density at radius 2 is 2.14 bits per heavy atom. The van der Waals surface area contributed by atoms with Gasteiger partial charge in [0.25, 0.3) is 6.43 Å². The van der Waals surface area contributed by atoms with Crippen molar-refractivity contribution in [2.24, 2.45) is 5.73 Å². The molecule has 78 valence electrons. The zero-order valence-corrected chi connectivity index (χ0v) is 7.97. The first-order valence-corrected chi connectivity index (χ1v) is 4.34. The molecule has 1 aromatic carbocycles. The van der Waals surface area contributed by atoms with Crippen LogP contribution in [0.3, 0.4) is 0 Å². The fourth-order valence-corrected chi connectivity index (χ4v) is 1.12. The van der Waals surface area contributed by atoms with E-state index in [1.165, 1.54) is 0 Å². The van der Waals surface area contributed by atoms with Crippen molar-refractivity contribution in [1.82, 2.24) is 0 Å². The number of nitrogens with two attached hydrogens (primary N) is 1. The van der Waals surface area contributed by atoms with Gasteiger partial charge in [0, 0.05) is 12.1 Å². The van der Waals surface area contributed by atoms with Gasteiger partial charge in [-0.25, -0.2) is 8.78 Å². The van der Waals surface area contributed by atoms with Crippen molar-refractivity contribution in [3.05, 3.63) is 29.3 Å². The van der Waals surface area contributed by atoms with Crippen LogP contribution in [0.15, 0.2) is 18.2 Å². The molecule has 0 spiro atoms. The highest BCUT2D eigenvalue weighted by Gasteiger charge is 2.06. The first kappa shape index (κ1) is 10.9. The number of halogens is 2. The van der Waals surface area contributed by atoms with E-state index in [0.29, 0.717) is 12.3 Å². The molecule has 1 aromatic rings. The average molecular weight is 201 g/mol. The Labute approximate surface area is 81.7 Å². The number of alkyl halides is 2. The lowest BCUT2D eigenvalue weighted by Crippen LogP contribution is -2.09. The first-order valence-electron chi connectivity index (χ1n) is 4.34. The third-order valence-corrected chi connectivity index (χ3v) is 1.81. The monoisotopic (exact) mass is 201 g/mol. The molecule has 0 bridgehead atoms. The van der Waals surface area contributed by atoms with Gasteiger partial charge in [0.15, 0.2) is 0 Å². The Morgan fingerprint density at radius 1 is 1.43 bits per heavy atom. The van der Waals surface area contributed by atoms with Crippen molar-refractivity contribution in [2.75, 3.05) is 6.61 Å². The predicted octanol–water partition coefficient (Wildman–Crippen LogP) is 2.10. The summed E-state index contributed by atoms with van der Waals surface area (Å²) in [6.45, 7) is 1.57. The SMILES string of the molecule is Cc1ccc(CN)c(OCC(F)F)c1. The van der Waals surface area contributed by atoms with Crippen molar-refractivity contribution in [3.8, 4) is 5.75 Å². The maximum absolute atomic E-state index is 11.9. The van der Waals surface area contributed by atoms with Gasteiger partial charge in [-0.2, -0.15) is 0 Å². The molecule has 2 N–H and O–H groups in total. The van der Waals surface area contributed by atoms with Gasteiger partial charge < -0.3 is 10.5 Å².